The molecular weight excluding hydrogens is 276 g/mol. The van der Waals surface area contributed by atoms with Crippen LogP contribution in [0.3, 0.4) is 0 Å². The minimum atomic E-state index is -0.564. The van der Waals surface area contributed by atoms with Gasteiger partial charge in [-0.15, -0.1) is 0 Å². The van der Waals surface area contributed by atoms with Crippen molar-refractivity contribution in [1.82, 2.24) is 10.2 Å². The number of methoxy groups -OCH3 is 1. The number of esters is 1. The summed E-state index contributed by atoms with van der Waals surface area (Å²) in [5.74, 6) is -0.608. The van der Waals surface area contributed by atoms with Gasteiger partial charge in [0.15, 0.2) is 0 Å². The number of amides is 1. The predicted molar refractivity (Wildman–Crippen MR) is 76.8 cm³/mol. The Bertz CT molecular complexity index is 367. The molecule has 2 N–H and O–H groups in total. The van der Waals surface area contributed by atoms with Gasteiger partial charge < -0.3 is 19.9 Å². The van der Waals surface area contributed by atoms with Crippen LogP contribution in [0.2, 0.25) is 0 Å². The van der Waals surface area contributed by atoms with Crippen LogP contribution in [0, 0.1) is 5.92 Å². The second kappa shape index (κ2) is 7.61. The van der Waals surface area contributed by atoms with E-state index in [0.29, 0.717) is 26.1 Å². The lowest BCUT2D eigenvalue weighted by Crippen LogP contribution is -2.53. The van der Waals surface area contributed by atoms with E-state index in [4.69, 9.17) is 14.6 Å². The van der Waals surface area contributed by atoms with Crippen molar-refractivity contribution in [3.05, 3.63) is 0 Å². The topological polar surface area (TPSA) is 88.1 Å². The number of aliphatic hydroxyl groups excluding tert-OH is 1. The summed E-state index contributed by atoms with van der Waals surface area (Å²) in [6.45, 7) is 6.95. The first-order valence-corrected chi connectivity index (χ1v) is 7.15. The molecule has 1 aliphatic rings. The Morgan fingerprint density at radius 3 is 2.52 bits per heavy atom. The highest BCUT2D eigenvalue weighted by Crippen LogP contribution is 2.19. The minimum Gasteiger partial charge on any atom is -0.469 e. The van der Waals surface area contributed by atoms with Crippen molar-refractivity contribution in [3.8, 4) is 0 Å². The molecule has 1 saturated heterocycles. The van der Waals surface area contributed by atoms with E-state index in [1.54, 1.807) is 20.8 Å². The van der Waals surface area contributed by atoms with E-state index in [1.807, 2.05) is 4.90 Å². The van der Waals surface area contributed by atoms with Crippen LogP contribution in [-0.4, -0.2) is 67.1 Å². The molecule has 1 amide bonds. The number of nitrogens with one attached hydrogen (secondary N) is 1. The molecule has 1 fully saturated rings. The molecule has 0 bridgehead atoms. The van der Waals surface area contributed by atoms with E-state index in [9.17, 15) is 9.59 Å². The summed E-state index contributed by atoms with van der Waals surface area (Å²) in [7, 11) is 1.35. The molecule has 7 heteroatoms. The molecule has 7 nitrogen and oxygen atoms in total. The molecule has 0 radical (unpaired) electrons. The van der Waals surface area contributed by atoms with Gasteiger partial charge in [-0.1, -0.05) is 0 Å². The molecule has 21 heavy (non-hydrogen) atoms. The maximum Gasteiger partial charge on any atom is 0.407 e. The molecule has 0 spiro atoms. The number of hydrogen-bond acceptors (Lipinski definition) is 6. The number of β-amino-alcohol motifs (C(OH)–C–C–N with tert-alkyl or cyclic N) is 1. The molecule has 2 atom stereocenters. The second-order valence-corrected chi connectivity index (χ2v) is 6.28. The lowest BCUT2D eigenvalue weighted by Gasteiger charge is -2.36. The standard InChI is InChI=1S/C14H26N2O5/c1-14(2,3)21-13(19)15-11-7-10(12(18)20-4)8-16(9-11)5-6-17/h10-11,17H,5-9H2,1-4H3,(H,15,19). The van der Waals surface area contributed by atoms with Crippen LogP contribution in [-0.2, 0) is 14.3 Å². The Kier molecular flexibility index (Phi) is 6.42. The highest BCUT2D eigenvalue weighted by atomic mass is 16.6. The predicted octanol–water partition coefficient (Wildman–Crippen LogP) is 0.367. The molecule has 0 aromatic carbocycles. The summed E-state index contributed by atoms with van der Waals surface area (Å²) in [5.41, 5.74) is -0.564. The summed E-state index contributed by atoms with van der Waals surface area (Å²) in [4.78, 5) is 25.5. The van der Waals surface area contributed by atoms with Crippen LogP contribution in [0.15, 0.2) is 0 Å². The SMILES string of the molecule is COC(=O)C1CC(NC(=O)OC(C)(C)C)CN(CCO)C1. The number of likely N-dealkylation sites (tertiary alicyclic amines) is 1. The van der Waals surface area contributed by atoms with Crippen molar-refractivity contribution in [3.63, 3.8) is 0 Å². The van der Waals surface area contributed by atoms with Gasteiger partial charge in [0.05, 0.1) is 19.6 Å². The number of aliphatic hydroxyl groups is 1. The quantitative estimate of drug-likeness (QED) is 0.729. The Hall–Kier alpha value is -1.34. The first-order chi connectivity index (χ1) is 9.75. The van der Waals surface area contributed by atoms with Crippen LogP contribution < -0.4 is 5.32 Å². The molecule has 2 unspecified atom stereocenters. The van der Waals surface area contributed by atoms with Gasteiger partial charge in [-0.3, -0.25) is 9.69 Å². The van der Waals surface area contributed by atoms with Gasteiger partial charge in [0.25, 0.3) is 0 Å². The fourth-order valence-electron chi connectivity index (χ4n) is 2.43. The van der Waals surface area contributed by atoms with Crippen molar-refractivity contribution < 1.29 is 24.2 Å². The fraction of sp³-hybridized carbons (Fsp3) is 0.857. The lowest BCUT2D eigenvalue weighted by molar-refractivity contribution is -0.147. The van der Waals surface area contributed by atoms with Gasteiger partial charge in [-0.2, -0.15) is 0 Å². The largest absolute Gasteiger partial charge is 0.469 e. The van der Waals surface area contributed by atoms with Gasteiger partial charge in [0, 0.05) is 25.7 Å². The van der Waals surface area contributed by atoms with Crippen LogP contribution in [0.1, 0.15) is 27.2 Å². The Labute approximate surface area is 125 Å². The second-order valence-electron chi connectivity index (χ2n) is 6.28. The van der Waals surface area contributed by atoms with Gasteiger partial charge in [-0.25, -0.2) is 4.79 Å². The van der Waals surface area contributed by atoms with Crippen LogP contribution in [0.5, 0.6) is 0 Å². The van der Waals surface area contributed by atoms with E-state index in [2.05, 4.69) is 5.32 Å². The van der Waals surface area contributed by atoms with E-state index < -0.39 is 11.7 Å². The normalized spacial score (nSPS) is 23.5. The minimum absolute atomic E-state index is 0.00699. The summed E-state index contributed by atoms with van der Waals surface area (Å²) < 4.78 is 10.0. The summed E-state index contributed by atoms with van der Waals surface area (Å²) in [6, 6.07) is -0.204. The number of alkyl carbamates (subject to hydrolysis) is 1. The fourth-order valence-corrected chi connectivity index (χ4v) is 2.43. The number of carbonyl (C=O) groups is 2. The van der Waals surface area contributed by atoms with Crippen molar-refractivity contribution in [2.45, 2.75) is 38.8 Å². The average Bonchev–Trinajstić information content (AvgIpc) is 2.35. The molecule has 1 rings (SSSR count). The third-order valence-electron chi connectivity index (χ3n) is 3.20. The molecule has 0 saturated carbocycles. The van der Waals surface area contributed by atoms with E-state index >= 15 is 0 Å². The third kappa shape index (κ3) is 6.31. The third-order valence-corrected chi connectivity index (χ3v) is 3.20. The van der Waals surface area contributed by atoms with Crippen molar-refractivity contribution in [2.24, 2.45) is 5.92 Å². The average molecular weight is 302 g/mol. The smallest absolute Gasteiger partial charge is 0.407 e. The van der Waals surface area contributed by atoms with Crippen molar-refractivity contribution in [1.29, 1.82) is 0 Å². The number of nitrogens with zero attached hydrogens (tertiary/aromatic N) is 1. The molecule has 0 aromatic rings. The number of carbonyl (C=O) groups excluding carboxylic acids is 2. The van der Waals surface area contributed by atoms with E-state index in [1.165, 1.54) is 7.11 Å². The number of ether oxygens (including phenoxy) is 2. The van der Waals surface area contributed by atoms with Crippen molar-refractivity contribution in [2.75, 3.05) is 33.4 Å². The maximum atomic E-state index is 11.8. The summed E-state index contributed by atoms with van der Waals surface area (Å²) in [6.07, 6.45) is 0.00960. The van der Waals surface area contributed by atoms with Gasteiger partial charge in [-0.05, 0) is 27.2 Å². The van der Waals surface area contributed by atoms with E-state index in [0.717, 1.165) is 0 Å². The Morgan fingerprint density at radius 2 is 2.00 bits per heavy atom. The Morgan fingerprint density at radius 1 is 1.33 bits per heavy atom. The molecular formula is C14H26N2O5. The first-order valence-electron chi connectivity index (χ1n) is 7.15. The number of rotatable bonds is 4. The zero-order chi connectivity index (χ0) is 16.0. The highest BCUT2D eigenvalue weighted by Gasteiger charge is 2.33. The first kappa shape index (κ1) is 17.7. The molecule has 1 heterocycles. The zero-order valence-electron chi connectivity index (χ0n) is 13.2. The molecule has 1 aliphatic heterocycles. The van der Waals surface area contributed by atoms with Crippen LogP contribution in [0.4, 0.5) is 4.79 Å². The van der Waals surface area contributed by atoms with Gasteiger partial charge in [0.2, 0.25) is 0 Å². The van der Waals surface area contributed by atoms with Crippen LogP contribution in [0.25, 0.3) is 0 Å². The highest BCUT2D eigenvalue weighted by molar-refractivity contribution is 5.73. The number of piperidine rings is 1. The zero-order valence-corrected chi connectivity index (χ0v) is 13.2. The number of hydrogen-bond donors (Lipinski definition) is 2. The molecule has 122 valence electrons. The molecule has 0 aliphatic carbocycles. The van der Waals surface area contributed by atoms with Crippen LogP contribution >= 0.6 is 0 Å². The van der Waals surface area contributed by atoms with E-state index in [-0.39, 0.29) is 24.5 Å². The summed E-state index contributed by atoms with van der Waals surface area (Å²) >= 11 is 0. The van der Waals surface area contributed by atoms with Crippen molar-refractivity contribution >= 4 is 12.1 Å². The molecule has 0 aromatic heterocycles. The Balaban J connectivity index is 2.62. The van der Waals surface area contributed by atoms with Gasteiger partial charge in [0.1, 0.15) is 5.60 Å². The summed E-state index contributed by atoms with van der Waals surface area (Å²) in [5, 5.41) is 11.8. The lowest BCUT2D eigenvalue weighted by atomic mass is 9.94. The monoisotopic (exact) mass is 302 g/mol. The van der Waals surface area contributed by atoms with Gasteiger partial charge >= 0.3 is 12.1 Å². The maximum absolute atomic E-state index is 11.8.